The van der Waals surface area contributed by atoms with Gasteiger partial charge in [0, 0.05) is 5.54 Å². The molecule has 1 rings (SSSR count). The number of benzene rings is 1. The van der Waals surface area contributed by atoms with E-state index in [4.69, 9.17) is 26.2 Å². The van der Waals surface area contributed by atoms with Crippen LogP contribution in [0.4, 0.5) is 0 Å². The van der Waals surface area contributed by atoms with Crippen LogP contribution in [0, 0.1) is 0 Å². The Morgan fingerprint density at radius 3 is 2.71 bits per heavy atom. The number of carboxylic acid groups (broad SMARTS) is 1. The van der Waals surface area contributed by atoms with Crippen LogP contribution >= 0.6 is 11.6 Å². The van der Waals surface area contributed by atoms with Gasteiger partial charge in [-0.05, 0) is 30.7 Å². The molecule has 0 bridgehead atoms. The van der Waals surface area contributed by atoms with Crippen LogP contribution in [0.25, 0.3) is 0 Å². The minimum absolute atomic E-state index is 0.152. The van der Waals surface area contributed by atoms with Crippen LogP contribution in [0.15, 0.2) is 29.3 Å². The average molecular weight is 257 g/mol. The van der Waals surface area contributed by atoms with Gasteiger partial charge in [0.05, 0.1) is 12.7 Å². The lowest BCUT2D eigenvalue weighted by molar-refractivity contribution is 0.0696. The van der Waals surface area contributed by atoms with Gasteiger partial charge in [-0.25, -0.2) is 4.79 Å². The average Bonchev–Trinajstić information content (AvgIpc) is 2.35. The third kappa shape index (κ3) is 3.67. The zero-order valence-electron chi connectivity index (χ0n) is 9.57. The molecular formula is C12H13ClO4. The number of hydrogen-bond acceptors (Lipinski definition) is 3. The van der Waals surface area contributed by atoms with E-state index in [0.29, 0.717) is 18.1 Å². The molecule has 0 fully saturated rings. The van der Waals surface area contributed by atoms with Gasteiger partial charge in [0.1, 0.15) is 6.61 Å². The Hall–Kier alpha value is -1.68. The zero-order chi connectivity index (χ0) is 12.8. The lowest BCUT2D eigenvalue weighted by Gasteiger charge is -2.11. The molecule has 0 saturated heterocycles. The summed E-state index contributed by atoms with van der Waals surface area (Å²) in [6.07, 6.45) is 0. The van der Waals surface area contributed by atoms with Gasteiger partial charge < -0.3 is 14.6 Å². The molecule has 92 valence electrons. The van der Waals surface area contributed by atoms with Gasteiger partial charge in [0.15, 0.2) is 11.5 Å². The Kier molecular flexibility index (Phi) is 4.84. The van der Waals surface area contributed by atoms with E-state index in [1.165, 1.54) is 24.8 Å². The largest absolute Gasteiger partial charge is 0.493 e. The Bertz CT molecular complexity index is 440. The predicted octanol–water partition coefficient (Wildman–Crippen LogP) is 2.91. The minimum atomic E-state index is -1.01. The molecule has 0 unspecified atom stereocenters. The Labute approximate surface area is 104 Å². The summed E-state index contributed by atoms with van der Waals surface area (Å²) in [5.74, 6) is -0.144. The summed E-state index contributed by atoms with van der Waals surface area (Å²) in [4.78, 5) is 10.8. The molecule has 1 aromatic rings. The molecule has 4 nitrogen and oxygen atoms in total. The number of carboxylic acids is 1. The number of rotatable bonds is 5. The van der Waals surface area contributed by atoms with Crippen molar-refractivity contribution in [3.63, 3.8) is 0 Å². The number of halogens is 1. The van der Waals surface area contributed by atoms with Gasteiger partial charge in [-0.3, -0.25) is 0 Å². The van der Waals surface area contributed by atoms with Crippen LogP contribution in [-0.2, 0) is 0 Å². The second-order valence-electron chi connectivity index (χ2n) is 3.41. The van der Waals surface area contributed by atoms with Crippen LogP contribution in [0.5, 0.6) is 11.5 Å². The van der Waals surface area contributed by atoms with E-state index in [-0.39, 0.29) is 5.56 Å². The normalized spacial score (nSPS) is 11.1. The maximum Gasteiger partial charge on any atom is 0.335 e. The number of hydrogen-bond donors (Lipinski definition) is 1. The molecule has 0 amide bonds. The van der Waals surface area contributed by atoms with E-state index in [9.17, 15) is 4.79 Å². The molecule has 0 saturated carbocycles. The van der Waals surface area contributed by atoms with Crippen molar-refractivity contribution in [1.82, 2.24) is 0 Å². The van der Waals surface area contributed by atoms with E-state index >= 15 is 0 Å². The molecule has 0 heterocycles. The molecule has 0 radical (unpaired) electrons. The maximum absolute atomic E-state index is 10.8. The fourth-order valence-electron chi connectivity index (χ4n) is 1.14. The summed E-state index contributed by atoms with van der Waals surface area (Å²) < 4.78 is 10.5. The molecule has 1 aromatic carbocycles. The number of carbonyl (C=O) groups is 1. The van der Waals surface area contributed by atoms with Crippen molar-refractivity contribution in [3.8, 4) is 11.5 Å². The molecule has 1 N–H and O–H groups in total. The highest BCUT2D eigenvalue weighted by Crippen LogP contribution is 2.28. The van der Waals surface area contributed by atoms with Gasteiger partial charge in [0.25, 0.3) is 0 Å². The predicted molar refractivity (Wildman–Crippen MR) is 65.1 cm³/mol. The third-order valence-corrected chi connectivity index (χ3v) is 2.42. The van der Waals surface area contributed by atoms with Crippen LogP contribution in [-0.4, -0.2) is 24.8 Å². The number of methoxy groups -OCH3 is 1. The van der Waals surface area contributed by atoms with Gasteiger partial charge >= 0.3 is 5.97 Å². The first-order chi connectivity index (χ1) is 8.08. The fourth-order valence-corrected chi connectivity index (χ4v) is 1.21. The van der Waals surface area contributed by atoms with Crippen LogP contribution in [0.2, 0.25) is 0 Å². The standard InChI is InChI=1S/C12H13ClO4/c1-8(6-13)7-17-10-4-3-9(12(14)15)5-11(10)16-2/h3-6H,7H2,1-2H3,(H,14,15)/b8-6+. The van der Waals surface area contributed by atoms with Crippen molar-refractivity contribution in [2.24, 2.45) is 0 Å². The maximum atomic E-state index is 10.8. The van der Waals surface area contributed by atoms with Gasteiger partial charge in [-0.2, -0.15) is 0 Å². The van der Waals surface area contributed by atoms with Gasteiger partial charge in [-0.1, -0.05) is 11.6 Å². The molecule has 0 aromatic heterocycles. The van der Waals surface area contributed by atoms with Crippen molar-refractivity contribution < 1.29 is 19.4 Å². The van der Waals surface area contributed by atoms with Crippen LogP contribution in [0.1, 0.15) is 17.3 Å². The topological polar surface area (TPSA) is 55.8 Å². The zero-order valence-corrected chi connectivity index (χ0v) is 10.3. The van der Waals surface area contributed by atoms with Crippen molar-refractivity contribution in [2.45, 2.75) is 6.92 Å². The molecule has 0 atom stereocenters. The van der Waals surface area contributed by atoms with Crippen molar-refractivity contribution in [1.29, 1.82) is 0 Å². The summed E-state index contributed by atoms with van der Waals surface area (Å²) in [7, 11) is 1.46. The van der Waals surface area contributed by atoms with E-state index in [2.05, 4.69) is 0 Å². The molecule has 0 aliphatic carbocycles. The molecule has 0 aliphatic heterocycles. The summed E-state index contributed by atoms with van der Waals surface area (Å²) >= 11 is 5.51. The highest BCUT2D eigenvalue weighted by molar-refractivity contribution is 6.25. The second kappa shape index (κ2) is 6.15. The van der Waals surface area contributed by atoms with Crippen molar-refractivity contribution >= 4 is 17.6 Å². The van der Waals surface area contributed by atoms with Crippen LogP contribution < -0.4 is 9.47 Å². The van der Waals surface area contributed by atoms with E-state index in [1.54, 1.807) is 6.07 Å². The number of aromatic carboxylic acids is 1. The Balaban J connectivity index is 2.89. The lowest BCUT2D eigenvalue weighted by atomic mass is 10.2. The van der Waals surface area contributed by atoms with Crippen molar-refractivity contribution in [3.05, 3.63) is 34.9 Å². The van der Waals surface area contributed by atoms with Crippen molar-refractivity contribution in [2.75, 3.05) is 13.7 Å². The minimum Gasteiger partial charge on any atom is -0.493 e. The molecule has 5 heteroatoms. The first-order valence-electron chi connectivity index (χ1n) is 4.88. The Morgan fingerprint density at radius 2 is 2.18 bits per heavy atom. The molecule has 0 aliphatic rings. The van der Waals surface area contributed by atoms with Gasteiger partial charge in [0.2, 0.25) is 0 Å². The second-order valence-corrected chi connectivity index (χ2v) is 3.63. The van der Waals surface area contributed by atoms with E-state index < -0.39 is 5.97 Å². The summed E-state index contributed by atoms with van der Waals surface area (Å²) in [6.45, 7) is 2.15. The molecule has 17 heavy (non-hydrogen) atoms. The summed E-state index contributed by atoms with van der Waals surface area (Å²) in [6, 6.07) is 4.43. The van der Waals surface area contributed by atoms with Crippen LogP contribution in [0.3, 0.4) is 0 Å². The molecular weight excluding hydrogens is 244 g/mol. The monoisotopic (exact) mass is 256 g/mol. The summed E-state index contributed by atoms with van der Waals surface area (Å²) in [5, 5.41) is 8.83. The number of ether oxygens (including phenoxy) is 2. The Morgan fingerprint density at radius 1 is 1.47 bits per heavy atom. The highest BCUT2D eigenvalue weighted by Gasteiger charge is 2.09. The molecule has 0 spiro atoms. The third-order valence-electron chi connectivity index (χ3n) is 2.05. The SMILES string of the molecule is COc1cc(C(=O)O)ccc1OC/C(C)=C/Cl. The summed E-state index contributed by atoms with van der Waals surface area (Å²) in [5.41, 5.74) is 2.44. The first kappa shape index (κ1) is 13.4. The highest BCUT2D eigenvalue weighted by atomic mass is 35.5. The smallest absolute Gasteiger partial charge is 0.335 e. The van der Waals surface area contributed by atoms with Gasteiger partial charge in [-0.15, -0.1) is 0 Å². The van der Waals surface area contributed by atoms with E-state index in [1.807, 2.05) is 6.92 Å². The lowest BCUT2D eigenvalue weighted by Crippen LogP contribution is -2.02. The first-order valence-corrected chi connectivity index (χ1v) is 5.32. The van der Waals surface area contributed by atoms with E-state index in [0.717, 1.165) is 5.57 Å². The quantitative estimate of drug-likeness (QED) is 0.880. The fraction of sp³-hybridized carbons (Fsp3) is 0.250.